The standard InChI is InChI=1S/C30H36N2O2S/c1-23-12-11-17-26(18-23)21-35-22-28(33)32(20-25-15-9-6-10-16-25)27(29(34)31-30(2,3)4)19-24-13-7-5-8-14-24/h5-18,27H,19-22H2,1-4H3,(H,31,34)/t27-/m1/s1. The molecule has 4 nitrogen and oxygen atoms in total. The Labute approximate surface area is 214 Å². The highest BCUT2D eigenvalue weighted by Gasteiger charge is 2.32. The minimum Gasteiger partial charge on any atom is -0.350 e. The van der Waals surface area contributed by atoms with Crippen molar-refractivity contribution in [3.8, 4) is 0 Å². The lowest BCUT2D eigenvalue weighted by molar-refractivity contribution is -0.140. The molecule has 0 aliphatic rings. The summed E-state index contributed by atoms with van der Waals surface area (Å²) in [7, 11) is 0. The average molecular weight is 489 g/mol. The van der Waals surface area contributed by atoms with Crippen LogP contribution in [0.3, 0.4) is 0 Å². The van der Waals surface area contributed by atoms with Gasteiger partial charge in [0.15, 0.2) is 0 Å². The Morgan fingerprint density at radius 1 is 0.857 bits per heavy atom. The predicted molar refractivity (Wildman–Crippen MR) is 146 cm³/mol. The molecule has 1 N–H and O–H groups in total. The van der Waals surface area contributed by atoms with Crippen LogP contribution in [0.1, 0.15) is 43.0 Å². The number of aryl methyl sites for hydroxylation is 1. The van der Waals surface area contributed by atoms with E-state index in [9.17, 15) is 9.59 Å². The van der Waals surface area contributed by atoms with Crippen molar-refractivity contribution in [2.45, 2.75) is 58.0 Å². The van der Waals surface area contributed by atoms with E-state index in [4.69, 9.17) is 0 Å². The molecule has 0 aliphatic heterocycles. The van der Waals surface area contributed by atoms with Crippen LogP contribution in [-0.4, -0.2) is 34.0 Å². The molecule has 0 saturated carbocycles. The van der Waals surface area contributed by atoms with Gasteiger partial charge in [-0.1, -0.05) is 90.5 Å². The molecule has 35 heavy (non-hydrogen) atoms. The SMILES string of the molecule is Cc1cccc(CSCC(=O)N(Cc2ccccc2)[C@H](Cc2ccccc2)C(=O)NC(C)(C)C)c1. The lowest BCUT2D eigenvalue weighted by atomic mass is 10.0. The molecule has 0 unspecified atom stereocenters. The Morgan fingerprint density at radius 2 is 1.46 bits per heavy atom. The van der Waals surface area contributed by atoms with Gasteiger partial charge in [0.05, 0.1) is 5.75 Å². The Balaban J connectivity index is 1.84. The summed E-state index contributed by atoms with van der Waals surface area (Å²) in [6, 6.07) is 27.5. The molecule has 3 rings (SSSR count). The number of hydrogen-bond acceptors (Lipinski definition) is 3. The molecule has 0 fully saturated rings. The van der Waals surface area contributed by atoms with Crippen LogP contribution in [0.15, 0.2) is 84.9 Å². The number of rotatable bonds is 10. The van der Waals surface area contributed by atoms with Crippen molar-refractivity contribution in [1.29, 1.82) is 0 Å². The number of nitrogens with zero attached hydrogens (tertiary/aromatic N) is 1. The molecular formula is C30H36N2O2S. The molecule has 0 radical (unpaired) electrons. The number of benzene rings is 3. The first-order valence-corrected chi connectivity index (χ1v) is 13.2. The largest absolute Gasteiger partial charge is 0.350 e. The second-order valence-corrected chi connectivity index (χ2v) is 10.9. The van der Waals surface area contributed by atoms with Gasteiger partial charge < -0.3 is 10.2 Å². The summed E-state index contributed by atoms with van der Waals surface area (Å²) < 4.78 is 0. The van der Waals surface area contributed by atoms with E-state index in [1.165, 1.54) is 11.1 Å². The highest BCUT2D eigenvalue weighted by molar-refractivity contribution is 7.99. The zero-order valence-corrected chi connectivity index (χ0v) is 22.0. The molecule has 0 saturated heterocycles. The van der Waals surface area contributed by atoms with Crippen molar-refractivity contribution < 1.29 is 9.59 Å². The van der Waals surface area contributed by atoms with Crippen LogP contribution in [-0.2, 0) is 28.3 Å². The molecule has 0 bridgehead atoms. The number of thioether (sulfide) groups is 1. The van der Waals surface area contributed by atoms with Gasteiger partial charge in [0, 0.05) is 24.3 Å². The molecule has 1 atom stereocenters. The van der Waals surface area contributed by atoms with Crippen LogP contribution in [0.4, 0.5) is 0 Å². The van der Waals surface area contributed by atoms with Gasteiger partial charge in [0.1, 0.15) is 6.04 Å². The van der Waals surface area contributed by atoms with Gasteiger partial charge in [-0.15, -0.1) is 11.8 Å². The monoisotopic (exact) mass is 488 g/mol. The zero-order chi connectivity index (χ0) is 25.3. The first kappa shape index (κ1) is 26.6. The summed E-state index contributed by atoms with van der Waals surface area (Å²) in [6.45, 7) is 8.35. The average Bonchev–Trinajstić information content (AvgIpc) is 2.81. The van der Waals surface area contributed by atoms with Gasteiger partial charge >= 0.3 is 0 Å². The van der Waals surface area contributed by atoms with Crippen LogP contribution < -0.4 is 5.32 Å². The summed E-state index contributed by atoms with van der Waals surface area (Å²) in [5.41, 5.74) is 4.05. The normalized spacial score (nSPS) is 12.1. The second-order valence-electron chi connectivity index (χ2n) is 9.93. The van der Waals surface area contributed by atoms with Crippen molar-refractivity contribution in [2.75, 3.05) is 5.75 Å². The van der Waals surface area contributed by atoms with Crippen LogP contribution in [0.5, 0.6) is 0 Å². The van der Waals surface area contributed by atoms with Crippen molar-refractivity contribution in [2.24, 2.45) is 0 Å². The Morgan fingerprint density at radius 3 is 2.06 bits per heavy atom. The van der Waals surface area contributed by atoms with Crippen LogP contribution in [0, 0.1) is 6.92 Å². The van der Waals surface area contributed by atoms with Gasteiger partial charge in [-0.3, -0.25) is 9.59 Å². The predicted octanol–water partition coefficient (Wildman–Crippen LogP) is 5.78. The van der Waals surface area contributed by atoms with E-state index in [-0.39, 0.29) is 11.8 Å². The third-order valence-electron chi connectivity index (χ3n) is 5.54. The van der Waals surface area contributed by atoms with Crippen LogP contribution >= 0.6 is 11.8 Å². The summed E-state index contributed by atoms with van der Waals surface area (Å²) in [4.78, 5) is 28.9. The maximum Gasteiger partial charge on any atom is 0.243 e. The van der Waals surface area contributed by atoms with Gasteiger partial charge in [-0.05, 0) is 44.4 Å². The maximum absolute atomic E-state index is 13.6. The molecule has 0 heterocycles. The maximum atomic E-state index is 13.6. The molecule has 184 valence electrons. The van der Waals surface area contributed by atoms with E-state index < -0.39 is 11.6 Å². The quantitative estimate of drug-likeness (QED) is 0.393. The molecular weight excluding hydrogens is 452 g/mol. The number of hydrogen-bond donors (Lipinski definition) is 1. The van der Waals surface area contributed by atoms with E-state index >= 15 is 0 Å². The van der Waals surface area contributed by atoms with Gasteiger partial charge in [-0.2, -0.15) is 0 Å². The van der Waals surface area contributed by atoms with E-state index in [0.29, 0.717) is 18.7 Å². The molecule has 2 amide bonds. The summed E-state index contributed by atoms with van der Waals surface area (Å²) in [6.07, 6.45) is 0.462. The fourth-order valence-corrected chi connectivity index (χ4v) is 4.79. The number of amides is 2. The van der Waals surface area contributed by atoms with Crippen molar-refractivity contribution in [3.05, 3.63) is 107 Å². The van der Waals surface area contributed by atoms with E-state index in [1.54, 1.807) is 16.7 Å². The molecule has 5 heteroatoms. The van der Waals surface area contributed by atoms with Crippen LogP contribution in [0.2, 0.25) is 0 Å². The molecule has 0 spiro atoms. The molecule has 0 aromatic heterocycles. The summed E-state index contributed by atoms with van der Waals surface area (Å²) in [5, 5.41) is 3.11. The highest BCUT2D eigenvalue weighted by Crippen LogP contribution is 2.19. The fourth-order valence-electron chi connectivity index (χ4n) is 3.93. The highest BCUT2D eigenvalue weighted by atomic mass is 32.2. The lowest BCUT2D eigenvalue weighted by Crippen LogP contribution is -2.54. The number of nitrogens with one attached hydrogen (secondary N) is 1. The minimum atomic E-state index is -0.607. The topological polar surface area (TPSA) is 49.4 Å². The van der Waals surface area contributed by atoms with Gasteiger partial charge in [0.2, 0.25) is 11.8 Å². The van der Waals surface area contributed by atoms with Crippen molar-refractivity contribution in [3.63, 3.8) is 0 Å². The van der Waals surface area contributed by atoms with E-state index in [0.717, 1.165) is 16.9 Å². The molecule has 3 aromatic carbocycles. The van der Waals surface area contributed by atoms with Crippen molar-refractivity contribution >= 4 is 23.6 Å². The Bertz CT molecular complexity index is 1090. The Kier molecular flexibility index (Phi) is 9.55. The first-order chi connectivity index (χ1) is 16.7. The zero-order valence-electron chi connectivity index (χ0n) is 21.2. The molecule has 3 aromatic rings. The van der Waals surface area contributed by atoms with E-state index in [1.807, 2.05) is 87.5 Å². The van der Waals surface area contributed by atoms with Gasteiger partial charge in [-0.25, -0.2) is 0 Å². The Hall–Kier alpha value is -3.05. The lowest BCUT2D eigenvalue weighted by Gasteiger charge is -2.34. The smallest absolute Gasteiger partial charge is 0.243 e. The van der Waals surface area contributed by atoms with Crippen molar-refractivity contribution in [1.82, 2.24) is 10.2 Å². The number of carbonyl (C=O) groups excluding carboxylic acids is 2. The third kappa shape index (κ3) is 8.91. The summed E-state index contributed by atoms with van der Waals surface area (Å²) >= 11 is 1.59. The fraction of sp³-hybridized carbons (Fsp3) is 0.333. The van der Waals surface area contributed by atoms with Gasteiger partial charge in [0.25, 0.3) is 0 Å². The first-order valence-electron chi connectivity index (χ1n) is 12.0. The third-order valence-corrected chi connectivity index (χ3v) is 6.53. The number of carbonyl (C=O) groups is 2. The second kappa shape index (κ2) is 12.6. The van der Waals surface area contributed by atoms with Crippen LogP contribution in [0.25, 0.3) is 0 Å². The molecule has 0 aliphatic carbocycles. The minimum absolute atomic E-state index is 0.0310. The van der Waals surface area contributed by atoms with E-state index in [2.05, 4.69) is 30.4 Å². The summed E-state index contributed by atoms with van der Waals surface area (Å²) in [5.74, 6) is 0.907.